The van der Waals surface area contributed by atoms with E-state index in [1.54, 1.807) is 0 Å². The van der Waals surface area contributed by atoms with Gasteiger partial charge in [-0.15, -0.1) is 0 Å². The van der Waals surface area contributed by atoms with Crippen molar-refractivity contribution in [1.82, 2.24) is 10.6 Å². The predicted molar refractivity (Wildman–Crippen MR) is 114 cm³/mol. The number of aromatic carboxylic acids is 2. The van der Waals surface area contributed by atoms with Crippen LogP contribution < -0.4 is 10.6 Å². The number of hydrogen-bond donors (Lipinski definition) is 4. The summed E-state index contributed by atoms with van der Waals surface area (Å²) < 4.78 is 0. The van der Waals surface area contributed by atoms with Gasteiger partial charge in [0.2, 0.25) is 0 Å². The van der Waals surface area contributed by atoms with Crippen LogP contribution in [0.25, 0.3) is 0 Å². The Labute approximate surface area is 185 Å². The lowest BCUT2D eigenvalue weighted by Crippen LogP contribution is -2.48. The second-order valence-corrected chi connectivity index (χ2v) is 10.3. The molecule has 2 amide bonds. The topological polar surface area (TPSA) is 133 Å². The Kier molecular flexibility index (Phi) is 4.80. The van der Waals surface area contributed by atoms with Crippen LogP contribution in [0.3, 0.4) is 0 Å². The van der Waals surface area contributed by atoms with Gasteiger partial charge in [0.15, 0.2) is 0 Å². The van der Waals surface area contributed by atoms with Crippen molar-refractivity contribution in [3.05, 3.63) is 34.4 Å². The van der Waals surface area contributed by atoms with Crippen LogP contribution in [-0.4, -0.2) is 45.0 Å². The van der Waals surface area contributed by atoms with Gasteiger partial charge in [-0.25, -0.2) is 9.59 Å². The quantitative estimate of drug-likeness (QED) is 0.537. The molecule has 4 bridgehead atoms. The van der Waals surface area contributed by atoms with E-state index >= 15 is 0 Å². The van der Waals surface area contributed by atoms with Gasteiger partial charge in [0.1, 0.15) is 0 Å². The highest BCUT2D eigenvalue weighted by Crippen LogP contribution is 2.48. The average Bonchev–Trinajstić information content (AvgIpc) is 3.53. The van der Waals surface area contributed by atoms with Crippen LogP contribution in [0.15, 0.2) is 12.1 Å². The van der Waals surface area contributed by atoms with E-state index in [4.69, 9.17) is 0 Å². The fraction of sp³-hybridized carbons (Fsp3) is 0.583. The van der Waals surface area contributed by atoms with Crippen molar-refractivity contribution >= 4 is 23.8 Å². The Bertz CT molecular complexity index is 1020. The molecule has 4 aliphatic carbocycles. The summed E-state index contributed by atoms with van der Waals surface area (Å²) in [5, 5.41) is 25.5. The van der Waals surface area contributed by atoms with Crippen LogP contribution in [0.4, 0.5) is 0 Å². The minimum absolute atomic E-state index is 0.0708. The van der Waals surface area contributed by atoms with E-state index in [-0.39, 0.29) is 16.7 Å². The molecule has 0 heterocycles. The molecular formula is C24H28N2O6. The molecule has 0 aromatic heterocycles. The maximum Gasteiger partial charge on any atom is 0.337 e. The Hall–Kier alpha value is -2.90. The van der Waals surface area contributed by atoms with Gasteiger partial charge in [-0.2, -0.15) is 0 Å². The molecule has 1 aromatic rings. The molecule has 1 aromatic carbocycles. The third-order valence-corrected chi connectivity index (χ3v) is 8.36. The number of carboxylic acid groups (broad SMARTS) is 2. The second kappa shape index (κ2) is 7.32. The lowest BCUT2D eigenvalue weighted by atomic mass is 9.89. The first-order valence-corrected chi connectivity index (χ1v) is 11.5. The number of fused-ring (bicyclic) bond motifs is 4. The molecule has 4 fully saturated rings. The molecule has 0 unspecified atom stereocenters. The van der Waals surface area contributed by atoms with E-state index in [9.17, 15) is 29.4 Å². The molecule has 4 saturated carbocycles. The summed E-state index contributed by atoms with van der Waals surface area (Å²) in [5.74, 6) is -3.01. The number of carboxylic acids is 2. The molecule has 0 aliphatic heterocycles. The van der Waals surface area contributed by atoms with Crippen LogP contribution in [0.1, 0.15) is 106 Å². The normalized spacial score (nSPS) is 32.1. The van der Waals surface area contributed by atoms with Gasteiger partial charge < -0.3 is 20.8 Å². The molecule has 0 saturated heterocycles. The zero-order valence-corrected chi connectivity index (χ0v) is 17.9. The largest absolute Gasteiger partial charge is 0.478 e. The van der Waals surface area contributed by atoms with Crippen LogP contribution >= 0.6 is 0 Å². The monoisotopic (exact) mass is 440 g/mol. The number of nitrogens with one attached hydrogen (secondary N) is 2. The van der Waals surface area contributed by atoms with Crippen LogP contribution in [0, 0.1) is 11.8 Å². The molecule has 8 heteroatoms. The van der Waals surface area contributed by atoms with E-state index < -0.39 is 40.4 Å². The van der Waals surface area contributed by atoms with Crippen molar-refractivity contribution in [2.75, 3.05) is 0 Å². The highest BCUT2D eigenvalue weighted by Gasteiger charge is 2.48. The molecule has 4 aliphatic rings. The second-order valence-electron chi connectivity index (χ2n) is 10.3. The number of hydrogen-bond acceptors (Lipinski definition) is 4. The first kappa shape index (κ1) is 21.0. The molecule has 4 N–H and O–H groups in total. The Morgan fingerprint density at radius 1 is 0.688 bits per heavy atom. The maximum absolute atomic E-state index is 13.5. The van der Waals surface area contributed by atoms with Gasteiger partial charge in [0, 0.05) is 11.1 Å². The van der Waals surface area contributed by atoms with Crippen molar-refractivity contribution in [3.8, 4) is 0 Å². The third kappa shape index (κ3) is 3.36. The summed E-state index contributed by atoms with van der Waals surface area (Å²) >= 11 is 0. The smallest absolute Gasteiger partial charge is 0.337 e. The van der Waals surface area contributed by atoms with Gasteiger partial charge in [0.05, 0.1) is 22.3 Å². The molecule has 8 nitrogen and oxygen atoms in total. The number of carbonyl (C=O) groups is 4. The van der Waals surface area contributed by atoms with E-state index in [1.165, 1.54) is 6.07 Å². The van der Waals surface area contributed by atoms with Gasteiger partial charge in [-0.3, -0.25) is 9.59 Å². The fourth-order valence-electron chi connectivity index (χ4n) is 6.77. The summed E-state index contributed by atoms with van der Waals surface area (Å²) in [6.07, 6.45) is 9.23. The zero-order chi connectivity index (χ0) is 22.7. The Morgan fingerprint density at radius 2 is 1.16 bits per heavy atom. The summed E-state index contributed by atoms with van der Waals surface area (Å²) in [7, 11) is 0. The van der Waals surface area contributed by atoms with E-state index in [2.05, 4.69) is 10.6 Å². The molecular weight excluding hydrogens is 412 g/mol. The molecule has 170 valence electrons. The maximum atomic E-state index is 13.5. The van der Waals surface area contributed by atoms with Crippen molar-refractivity contribution in [2.45, 2.75) is 75.3 Å². The predicted octanol–water partition coefficient (Wildman–Crippen LogP) is 3.21. The number of benzene rings is 1. The minimum Gasteiger partial charge on any atom is -0.478 e. The lowest BCUT2D eigenvalue weighted by Gasteiger charge is -2.30. The van der Waals surface area contributed by atoms with Crippen molar-refractivity contribution in [3.63, 3.8) is 0 Å². The summed E-state index contributed by atoms with van der Waals surface area (Å²) in [6, 6.07) is 2.39. The summed E-state index contributed by atoms with van der Waals surface area (Å²) in [6.45, 7) is 0. The molecule has 0 atom stereocenters. The molecule has 0 radical (unpaired) electrons. The SMILES string of the molecule is O=C(O)c1ccc(C(=O)NC23CCC(CC2)C3)c(C(=O)NC23CCC(CC2)C3)c1C(=O)O. The Balaban J connectivity index is 1.54. The molecule has 5 rings (SSSR count). The van der Waals surface area contributed by atoms with Gasteiger partial charge >= 0.3 is 11.9 Å². The highest BCUT2D eigenvalue weighted by atomic mass is 16.4. The highest BCUT2D eigenvalue weighted by molar-refractivity contribution is 6.16. The number of rotatable bonds is 6. The third-order valence-electron chi connectivity index (χ3n) is 8.36. The van der Waals surface area contributed by atoms with E-state index in [0.717, 1.165) is 70.3 Å². The van der Waals surface area contributed by atoms with Crippen molar-refractivity contribution < 1.29 is 29.4 Å². The lowest BCUT2D eigenvalue weighted by molar-refractivity contribution is 0.0647. The van der Waals surface area contributed by atoms with Gasteiger partial charge in [0.25, 0.3) is 11.8 Å². The van der Waals surface area contributed by atoms with Crippen LogP contribution in [0.2, 0.25) is 0 Å². The summed E-state index contributed by atoms with van der Waals surface area (Å²) in [5.41, 5.74) is -2.24. The van der Waals surface area contributed by atoms with E-state index in [0.29, 0.717) is 11.8 Å². The summed E-state index contributed by atoms with van der Waals surface area (Å²) in [4.78, 5) is 50.6. The number of amides is 2. The van der Waals surface area contributed by atoms with Crippen LogP contribution in [0.5, 0.6) is 0 Å². The standard InChI is InChI=1S/C24H28N2O6/c27-19(25-23-7-3-13(11-23)4-8-23)15-1-2-16(21(29)30)18(22(31)32)17(15)20(28)26-24-9-5-14(12-24)6-10-24/h1-2,13-14H,3-12H2,(H,25,27)(H,26,28)(H,29,30)(H,31,32). The fourth-order valence-corrected chi connectivity index (χ4v) is 6.77. The van der Waals surface area contributed by atoms with Crippen LogP contribution in [-0.2, 0) is 0 Å². The zero-order valence-electron chi connectivity index (χ0n) is 17.9. The van der Waals surface area contributed by atoms with Gasteiger partial charge in [-0.1, -0.05) is 0 Å². The molecule has 0 spiro atoms. The number of carbonyl (C=O) groups excluding carboxylic acids is 2. The Morgan fingerprint density at radius 3 is 1.56 bits per heavy atom. The van der Waals surface area contributed by atoms with Gasteiger partial charge in [-0.05, 0) is 88.2 Å². The van der Waals surface area contributed by atoms with Crippen molar-refractivity contribution in [1.29, 1.82) is 0 Å². The van der Waals surface area contributed by atoms with E-state index in [1.807, 2.05) is 0 Å². The first-order chi connectivity index (χ1) is 15.2. The minimum atomic E-state index is -1.53. The van der Waals surface area contributed by atoms with Crippen molar-refractivity contribution in [2.24, 2.45) is 11.8 Å². The molecule has 32 heavy (non-hydrogen) atoms. The first-order valence-electron chi connectivity index (χ1n) is 11.5. The average molecular weight is 440 g/mol.